The molecule has 0 bridgehead atoms. The average Bonchev–Trinajstić information content (AvgIpc) is 3.16. The maximum atomic E-state index is 13.0. The Labute approximate surface area is 199 Å². The molecule has 2 aromatic heterocycles. The van der Waals surface area contributed by atoms with Gasteiger partial charge in [-0.15, -0.1) is 11.3 Å². The maximum Gasteiger partial charge on any atom is 0.260 e. The number of nitrogens with zero attached hydrogens (tertiary/aromatic N) is 2. The highest BCUT2D eigenvalue weighted by atomic mass is 32.1. The normalized spacial score (nSPS) is 13.2. The molecule has 3 aromatic rings. The van der Waals surface area contributed by atoms with Gasteiger partial charge in [0.05, 0.1) is 30.2 Å². The number of methoxy groups -OCH3 is 1. The van der Waals surface area contributed by atoms with Crippen molar-refractivity contribution in [1.29, 1.82) is 0 Å². The number of aromatic nitrogens is 2. The van der Waals surface area contributed by atoms with Gasteiger partial charge in [0.2, 0.25) is 0 Å². The average molecular weight is 474 g/mol. The number of ether oxygens (including phenoxy) is 2. The van der Waals surface area contributed by atoms with Crippen molar-refractivity contribution >= 4 is 21.6 Å². The summed E-state index contributed by atoms with van der Waals surface area (Å²) >= 11 is 1.48. The molecule has 0 radical (unpaired) electrons. The van der Waals surface area contributed by atoms with Crippen LogP contribution >= 0.6 is 11.3 Å². The second kappa shape index (κ2) is 11.4. The van der Waals surface area contributed by atoms with Crippen molar-refractivity contribution in [2.24, 2.45) is 0 Å². The lowest BCUT2D eigenvalue weighted by molar-refractivity contribution is -0.0571. The van der Waals surface area contributed by atoms with Crippen LogP contribution < -0.4 is 5.56 Å². The first kappa shape index (κ1) is 25.5. The van der Waals surface area contributed by atoms with Gasteiger partial charge in [-0.3, -0.25) is 9.69 Å². The Kier molecular flexibility index (Phi) is 8.78. The number of hydrogen-bond acceptors (Lipinski definition) is 7. The molecule has 1 unspecified atom stereocenters. The van der Waals surface area contributed by atoms with E-state index in [1.807, 2.05) is 57.3 Å². The minimum atomic E-state index is -0.642. The first-order chi connectivity index (χ1) is 15.7. The second-order valence-corrected chi connectivity index (χ2v) is 10.2. The summed E-state index contributed by atoms with van der Waals surface area (Å²) in [4.78, 5) is 23.6. The molecule has 0 aliphatic carbocycles. The van der Waals surface area contributed by atoms with Gasteiger partial charge in [0.1, 0.15) is 10.7 Å². The zero-order valence-corrected chi connectivity index (χ0v) is 21.0. The lowest BCUT2D eigenvalue weighted by Gasteiger charge is -2.27. The molecule has 2 heterocycles. The second-order valence-electron chi connectivity index (χ2n) is 9.32. The smallest absolute Gasteiger partial charge is 0.260 e. The molecule has 180 valence electrons. The Morgan fingerprint density at radius 3 is 2.70 bits per heavy atom. The molecule has 0 fully saturated rings. The van der Waals surface area contributed by atoms with Crippen molar-refractivity contribution in [1.82, 2.24) is 14.9 Å². The van der Waals surface area contributed by atoms with Crippen LogP contribution in [0.15, 0.2) is 34.4 Å². The molecule has 0 saturated heterocycles. The number of H-pyrrole nitrogens is 1. The fourth-order valence-corrected chi connectivity index (χ4v) is 4.68. The number of hydrogen-bond donors (Lipinski definition) is 2. The number of aliphatic hydroxyl groups is 1. The summed E-state index contributed by atoms with van der Waals surface area (Å²) in [6, 6.07) is 8.05. The van der Waals surface area contributed by atoms with Crippen LogP contribution in [-0.2, 0) is 16.0 Å². The summed E-state index contributed by atoms with van der Waals surface area (Å²) in [6.07, 6.45) is 0.170. The highest BCUT2D eigenvalue weighted by molar-refractivity contribution is 7.17. The molecular formula is C25H35N3O4S. The number of aromatic amines is 1. The van der Waals surface area contributed by atoms with Gasteiger partial charge >= 0.3 is 0 Å². The number of fused-ring (bicyclic) bond motifs is 1. The van der Waals surface area contributed by atoms with E-state index in [2.05, 4.69) is 9.88 Å². The van der Waals surface area contributed by atoms with Crippen molar-refractivity contribution in [2.75, 3.05) is 33.4 Å². The standard InChI is InChI=1S/C25H35N3O4S/c1-17-9-6-7-10-19(17)20-16-33-24-22(20)23(30)26-21(27-24)14-28(11-8-12-31-5)13-18(29)15-32-25(2,3)4/h6-7,9-10,16,18,29H,8,11-15H2,1-5H3,(H,26,27,30). The van der Waals surface area contributed by atoms with Crippen LogP contribution in [0.1, 0.15) is 38.6 Å². The Bertz CT molecular complexity index is 1100. The van der Waals surface area contributed by atoms with E-state index < -0.39 is 6.10 Å². The molecule has 0 spiro atoms. The number of rotatable bonds is 11. The van der Waals surface area contributed by atoms with Gasteiger partial charge in [0.15, 0.2) is 0 Å². The number of nitrogens with one attached hydrogen (secondary N) is 1. The first-order valence-electron chi connectivity index (χ1n) is 11.3. The predicted molar refractivity (Wildman–Crippen MR) is 134 cm³/mol. The fourth-order valence-electron chi connectivity index (χ4n) is 3.72. The molecule has 0 amide bonds. The van der Waals surface area contributed by atoms with E-state index in [1.165, 1.54) is 11.3 Å². The SMILES string of the molecule is COCCCN(Cc1nc2scc(-c3ccccc3C)c2c(=O)[nH]1)CC(O)COC(C)(C)C. The molecule has 0 saturated carbocycles. The minimum absolute atomic E-state index is 0.136. The number of benzene rings is 1. The first-order valence-corrected chi connectivity index (χ1v) is 12.2. The Morgan fingerprint density at radius 2 is 2.00 bits per heavy atom. The van der Waals surface area contributed by atoms with Crippen LogP contribution in [0.5, 0.6) is 0 Å². The van der Waals surface area contributed by atoms with Gasteiger partial charge in [-0.05, 0) is 45.2 Å². The quantitative estimate of drug-likeness (QED) is 0.410. The summed E-state index contributed by atoms with van der Waals surface area (Å²) in [7, 11) is 1.67. The van der Waals surface area contributed by atoms with Crippen molar-refractivity contribution in [3.8, 4) is 11.1 Å². The molecule has 0 aliphatic rings. The lowest BCUT2D eigenvalue weighted by atomic mass is 10.0. The van der Waals surface area contributed by atoms with E-state index in [4.69, 9.17) is 14.5 Å². The van der Waals surface area contributed by atoms with E-state index in [9.17, 15) is 9.90 Å². The summed E-state index contributed by atoms with van der Waals surface area (Å²) in [5.41, 5.74) is 2.64. The third-order valence-corrected chi connectivity index (χ3v) is 6.17. The van der Waals surface area contributed by atoms with Crippen LogP contribution in [-0.4, -0.2) is 65.1 Å². The molecule has 33 heavy (non-hydrogen) atoms. The summed E-state index contributed by atoms with van der Waals surface area (Å²) in [5, 5.41) is 13.1. The molecular weight excluding hydrogens is 438 g/mol. The van der Waals surface area contributed by atoms with Gasteiger partial charge in [-0.25, -0.2) is 4.98 Å². The van der Waals surface area contributed by atoms with E-state index in [1.54, 1.807) is 7.11 Å². The molecule has 2 N–H and O–H groups in total. The molecule has 3 rings (SSSR count). The summed E-state index contributed by atoms with van der Waals surface area (Å²) < 4.78 is 10.9. The molecule has 1 atom stereocenters. The Balaban J connectivity index is 1.80. The van der Waals surface area contributed by atoms with Gasteiger partial charge < -0.3 is 19.6 Å². The molecule has 1 aromatic carbocycles. The molecule has 0 aliphatic heterocycles. The number of aliphatic hydroxyl groups excluding tert-OH is 1. The lowest BCUT2D eigenvalue weighted by Crippen LogP contribution is -2.38. The minimum Gasteiger partial charge on any atom is -0.389 e. The highest BCUT2D eigenvalue weighted by Gasteiger charge is 2.19. The van der Waals surface area contributed by atoms with Crippen LogP contribution in [0.4, 0.5) is 0 Å². The van der Waals surface area contributed by atoms with Gasteiger partial charge in [-0.1, -0.05) is 24.3 Å². The van der Waals surface area contributed by atoms with Crippen LogP contribution in [0.3, 0.4) is 0 Å². The maximum absolute atomic E-state index is 13.0. The van der Waals surface area contributed by atoms with Crippen LogP contribution in [0.25, 0.3) is 21.3 Å². The van der Waals surface area contributed by atoms with E-state index in [0.717, 1.165) is 27.9 Å². The van der Waals surface area contributed by atoms with Crippen molar-refractivity contribution in [3.05, 3.63) is 51.4 Å². The molecule has 7 nitrogen and oxygen atoms in total. The van der Waals surface area contributed by atoms with Crippen LogP contribution in [0, 0.1) is 6.92 Å². The predicted octanol–water partition coefficient (Wildman–Crippen LogP) is 3.97. The van der Waals surface area contributed by atoms with Crippen molar-refractivity contribution in [3.63, 3.8) is 0 Å². The topological polar surface area (TPSA) is 87.7 Å². The van der Waals surface area contributed by atoms with Gasteiger partial charge in [-0.2, -0.15) is 0 Å². The van der Waals surface area contributed by atoms with Gasteiger partial charge in [0.25, 0.3) is 5.56 Å². The Morgan fingerprint density at radius 1 is 1.24 bits per heavy atom. The number of thiophene rings is 1. The van der Waals surface area contributed by atoms with Crippen molar-refractivity contribution < 1.29 is 14.6 Å². The van der Waals surface area contributed by atoms with Crippen LogP contribution in [0.2, 0.25) is 0 Å². The third-order valence-electron chi connectivity index (χ3n) is 5.30. The zero-order valence-electron chi connectivity index (χ0n) is 20.2. The van der Waals surface area contributed by atoms with E-state index in [-0.39, 0.29) is 17.8 Å². The largest absolute Gasteiger partial charge is 0.389 e. The fraction of sp³-hybridized carbons (Fsp3) is 0.520. The zero-order chi connectivity index (χ0) is 24.0. The van der Waals surface area contributed by atoms with E-state index >= 15 is 0 Å². The van der Waals surface area contributed by atoms with Gasteiger partial charge in [0, 0.05) is 37.7 Å². The monoisotopic (exact) mass is 473 g/mol. The summed E-state index contributed by atoms with van der Waals surface area (Å²) in [5.74, 6) is 0.590. The molecule has 8 heteroatoms. The van der Waals surface area contributed by atoms with Crippen molar-refractivity contribution in [2.45, 2.75) is 52.4 Å². The van der Waals surface area contributed by atoms with E-state index in [0.29, 0.717) is 37.5 Å². The number of aryl methyl sites for hydroxylation is 1. The third kappa shape index (κ3) is 7.19. The highest BCUT2D eigenvalue weighted by Crippen LogP contribution is 2.32. The summed E-state index contributed by atoms with van der Waals surface area (Å²) in [6.45, 7) is 10.4. The Hall–Kier alpha value is -2.10.